The second-order valence-corrected chi connectivity index (χ2v) is 3.84. The Hall–Kier alpha value is -1.85. The molecule has 0 fully saturated rings. The molecule has 0 aliphatic carbocycles. The molecule has 0 aliphatic heterocycles. The van der Waals surface area contributed by atoms with Crippen molar-refractivity contribution in [1.29, 1.82) is 0 Å². The van der Waals surface area contributed by atoms with Crippen molar-refractivity contribution >= 4 is 11.8 Å². The first-order chi connectivity index (χ1) is 7.45. The molecule has 1 aromatic heterocycles. The van der Waals surface area contributed by atoms with Crippen LogP contribution in [0.2, 0.25) is 0 Å². The van der Waals surface area contributed by atoms with Crippen molar-refractivity contribution in [3.05, 3.63) is 18.4 Å². The van der Waals surface area contributed by atoms with Crippen molar-refractivity contribution in [2.24, 2.45) is 11.7 Å². The van der Waals surface area contributed by atoms with Crippen LogP contribution in [-0.2, 0) is 4.79 Å². The maximum absolute atomic E-state index is 11.8. The highest BCUT2D eigenvalue weighted by atomic mass is 16.4. The monoisotopic (exact) mass is 225 g/mol. The zero-order valence-corrected chi connectivity index (χ0v) is 9.51. The van der Waals surface area contributed by atoms with E-state index in [0.717, 1.165) is 0 Å². The van der Waals surface area contributed by atoms with Gasteiger partial charge in [0.2, 0.25) is 5.91 Å². The fraction of sp³-hybridized carbons (Fsp3) is 0.500. The van der Waals surface area contributed by atoms with Gasteiger partial charge in [0, 0.05) is 7.05 Å². The summed E-state index contributed by atoms with van der Waals surface area (Å²) in [5.41, 5.74) is 5.25. The van der Waals surface area contributed by atoms with Crippen LogP contribution in [-0.4, -0.2) is 34.8 Å². The van der Waals surface area contributed by atoms with Crippen LogP contribution >= 0.6 is 0 Å². The average molecular weight is 225 g/mol. The van der Waals surface area contributed by atoms with E-state index in [2.05, 4.69) is 4.98 Å². The largest absolute Gasteiger partial charge is 0.441 e. The third kappa shape index (κ3) is 2.39. The number of rotatable bonds is 4. The minimum Gasteiger partial charge on any atom is -0.441 e. The van der Waals surface area contributed by atoms with Gasteiger partial charge in [0.25, 0.3) is 5.89 Å². The number of carbonyl (C=O) groups excluding carboxylic acids is 2. The van der Waals surface area contributed by atoms with Gasteiger partial charge in [-0.15, -0.1) is 0 Å². The molecule has 1 heterocycles. The second-order valence-electron chi connectivity index (χ2n) is 3.84. The lowest BCUT2D eigenvalue weighted by molar-refractivity contribution is -0.123. The normalized spacial score (nSPS) is 12.5. The smallest absolute Gasteiger partial charge is 0.310 e. The average Bonchev–Trinajstić information content (AvgIpc) is 2.67. The standard InChI is InChI=1S/C10H15N3O3/c1-6(2)7(8(11)14)13(3)10(15)9-12-4-5-16-9/h4-7H,1-3H3,(H2,11,14)/t7-/m0/s1. The topological polar surface area (TPSA) is 89.4 Å². The number of amides is 2. The first-order valence-corrected chi connectivity index (χ1v) is 4.91. The summed E-state index contributed by atoms with van der Waals surface area (Å²) in [6.07, 6.45) is 2.67. The van der Waals surface area contributed by atoms with Crippen LogP contribution < -0.4 is 5.73 Å². The molecule has 0 unspecified atom stereocenters. The van der Waals surface area contributed by atoms with Gasteiger partial charge in [-0.2, -0.15) is 0 Å². The van der Waals surface area contributed by atoms with Gasteiger partial charge in [0.15, 0.2) is 0 Å². The zero-order chi connectivity index (χ0) is 12.3. The van der Waals surface area contributed by atoms with Crippen molar-refractivity contribution in [3.8, 4) is 0 Å². The third-order valence-electron chi connectivity index (χ3n) is 2.28. The summed E-state index contributed by atoms with van der Waals surface area (Å²) < 4.78 is 4.87. The molecule has 0 aliphatic rings. The molecule has 0 bridgehead atoms. The van der Waals surface area contributed by atoms with Crippen LogP contribution in [0.3, 0.4) is 0 Å². The predicted octanol–water partition coefficient (Wildman–Crippen LogP) is 0.256. The van der Waals surface area contributed by atoms with E-state index < -0.39 is 17.9 Å². The molecule has 0 spiro atoms. The van der Waals surface area contributed by atoms with E-state index in [1.54, 1.807) is 0 Å². The summed E-state index contributed by atoms with van der Waals surface area (Å²) in [6, 6.07) is -0.667. The molecular formula is C10H15N3O3. The van der Waals surface area contributed by atoms with Crippen molar-refractivity contribution in [2.45, 2.75) is 19.9 Å². The van der Waals surface area contributed by atoms with E-state index in [4.69, 9.17) is 10.2 Å². The van der Waals surface area contributed by atoms with Crippen molar-refractivity contribution in [3.63, 3.8) is 0 Å². The molecule has 0 radical (unpaired) electrons. The number of nitrogens with two attached hydrogens (primary N) is 1. The SMILES string of the molecule is CC(C)[C@@H](C(N)=O)N(C)C(=O)c1ncco1. The molecule has 16 heavy (non-hydrogen) atoms. The predicted molar refractivity (Wildman–Crippen MR) is 56.4 cm³/mol. The van der Waals surface area contributed by atoms with Crippen molar-refractivity contribution in [2.75, 3.05) is 7.05 Å². The second kappa shape index (κ2) is 4.78. The summed E-state index contributed by atoms with van der Waals surface area (Å²) in [6.45, 7) is 3.63. The summed E-state index contributed by atoms with van der Waals surface area (Å²) >= 11 is 0. The molecule has 0 saturated carbocycles. The van der Waals surface area contributed by atoms with Crippen LogP contribution in [0.5, 0.6) is 0 Å². The first-order valence-electron chi connectivity index (χ1n) is 4.91. The van der Waals surface area contributed by atoms with Crippen LogP contribution in [0, 0.1) is 5.92 Å². The van der Waals surface area contributed by atoms with E-state index in [9.17, 15) is 9.59 Å². The van der Waals surface area contributed by atoms with Gasteiger partial charge in [-0.1, -0.05) is 13.8 Å². The Labute approximate surface area is 93.4 Å². The van der Waals surface area contributed by atoms with Gasteiger partial charge in [-0.3, -0.25) is 9.59 Å². The lowest BCUT2D eigenvalue weighted by Gasteiger charge is -2.27. The van der Waals surface area contributed by atoms with Gasteiger partial charge < -0.3 is 15.1 Å². The third-order valence-corrected chi connectivity index (χ3v) is 2.28. The first kappa shape index (κ1) is 12.2. The number of aromatic nitrogens is 1. The molecule has 6 heteroatoms. The molecule has 88 valence electrons. The molecule has 6 nitrogen and oxygen atoms in total. The van der Waals surface area contributed by atoms with Crippen molar-refractivity contribution < 1.29 is 14.0 Å². The van der Waals surface area contributed by atoms with Crippen LogP contribution in [0.4, 0.5) is 0 Å². The van der Waals surface area contributed by atoms with Gasteiger partial charge in [-0.25, -0.2) is 4.98 Å². The Morgan fingerprint density at radius 1 is 1.50 bits per heavy atom. The van der Waals surface area contributed by atoms with Crippen LogP contribution in [0.1, 0.15) is 24.5 Å². The molecule has 0 aromatic carbocycles. The molecule has 0 saturated heterocycles. The minimum absolute atomic E-state index is 0.0469. The van der Waals surface area contributed by atoms with E-state index in [0.29, 0.717) is 0 Å². The van der Waals surface area contributed by atoms with Gasteiger partial charge >= 0.3 is 5.91 Å². The maximum Gasteiger partial charge on any atom is 0.310 e. The maximum atomic E-state index is 11.8. The number of oxazole rings is 1. The number of nitrogens with zero attached hydrogens (tertiary/aromatic N) is 2. The summed E-state index contributed by atoms with van der Waals surface area (Å²) in [7, 11) is 1.50. The number of likely N-dealkylation sites (N-methyl/N-ethyl adjacent to an activating group) is 1. The highest BCUT2D eigenvalue weighted by Gasteiger charge is 2.30. The number of carbonyl (C=O) groups is 2. The lowest BCUT2D eigenvalue weighted by Crippen LogP contribution is -2.48. The minimum atomic E-state index is -0.667. The summed E-state index contributed by atoms with van der Waals surface area (Å²) in [5, 5.41) is 0. The fourth-order valence-electron chi connectivity index (χ4n) is 1.57. The van der Waals surface area contributed by atoms with E-state index in [1.807, 2.05) is 13.8 Å². The van der Waals surface area contributed by atoms with Gasteiger partial charge in [0.05, 0.1) is 6.20 Å². The Kier molecular flexibility index (Phi) is 3.65. The number of hydrogen-bond donors (Lipinski definition) is 1. The summed E-state index contributed by atoms with van der Waals surface area (Å²) in [5.74, 6) is -1.12. The molecule has 1 aromatic rings. The van der Waals surface area contributed by atoms with E-state index >= 15 is 0 Å². The Morgan fingerprint density at radius 2 is 2.12 bits per heavy atom. The molecule has 2 N–H and O–H groups in total. The van der Waals surface area contributed by atoms with Gasteiger partial charge in [0.1, 0.15) is 12.3 Å². The lowest BCUT2D eigenvalue weighted by atomic mass is 10.0. The fourth-order valence-corrected chi connectivity index (χ4v) is 1.57. The van der Waals surface area contributed by atoms with Gasteiger partial charge in [-0.05, 0) is 5.92 Å². The van der Waals surface area contributed by atoms with E-state index in [1.165, 1.54) is 24.4 Å². The molecular weight excluding hydrogens is 210 g/mol. The van der Waals surface area contributed by atoms with Crippen LogP contribution in [0.15, 0.2) is 16.9 Å². The highest BCUT2D eigenvalue weighted by molar-refractivity contribution is 5.93. The highest BCUT2D eigenvalue weighted by Crippen LogP contribution is 2.11. The Morgan fingerprint density at radius 3 is 2.50 bits per heavy atom. The van der Waals surface area contributed by atoms with Crippen molar-refractivity contribution in [1.82, 2.24) is 9.88 Å². The number of primary amides is 1. The summed E-state index contributed by atoms with van der Waals surface area (Å²) in [4.78, 5) is 28.0. The quantitative estimate of drug-likeness (QED) is 0.795. The zero-order valence-electron chi connectivity index (χ0n) is 9.51. The number of hydrogen-bond acceptors (Lipinski definition) is 4. The Bertz CT molecular complexity index is 373. The molecule has 1 atom stereocenters. The van der Waals surface area contributed by atoms with E-state index in [-0.39, 0.29) is 11.8 Å². The molecule has 2 amide bonds. The Balaban J connectivity index is 2.87. The van der Waals surface area contributed by atoms with Crippen LogP contribution in [0.25, 0.3) is 0 Å². The molecule has 1 rings (SSSR count).